The van der Waals surface area contributed by atoms with Gasteiger partial charge in [0, 0.05) is 25.0 Å². The summed E-state index contributed by atoms with van der Waals surface area (Å²) in [5, 5.41) is 9.01. The van der Waals surface area contributed by atoms with Crippen LogP contribution in [0.3, 0.4) is 0 Å². The first-order chi connectivity index (χ1) is 7.57. The number of hydrogen-bond donors (Lipinski definition) is 1. The number of carboxylic acid groups (broad SMARTS) is 1. The normalized spacial score (nSPS) is 10.2. The first-order valence-corrected chi connectivity index (χ1v) is 4.99. The third-order valence-corrected chi connectivity index (χ3v) is 2.10. The van der Waals surface area contributed by atoms with E-state index in [9.17, 15) is 4.79 Å². The van der Waals surface area contributed by atoms with Gasteiger partial charge in [0.1, 0.15) is 0 Å². The van der Waals surface area contributed by atoms with Crippen molar-refractivity contribution in [2.45, 2.75) is 19.9 Å². The highest BCUT2D eigenvalue weighted by Crippen LogP contribution is 2.17. The molecular formula is C11H15N3O2. The highest BCUT2D eigenvalue weighted by atomic mass is 16.4. The van der Waals surface area contributed by atoms with E-state index in [2.05, 4.69) is 16.5 Å². The molecule has 0 unspecified atom stereocenters. The first kappa shape index (κ1) is 12.2. The van der Waals surface area contributed by atoms with Gasteiger partial charge in [0.2, 0.25) is 0 Å². The van der Waals surface area contributed by atoms with E-state index in [0.29, 0.717) is 12.4 Å². The summed E-state index contributed by atoms with van der Waals surface area (Å²) in [5.74, 6) is -0.692. The molecule has 0 aliphatic carbocycles. The van der Waals surface area contributed by atoms with Gasteiger partial charge in [-0.3, -0.25) is 0 Å². The largest absolute Gasteiger partial charge is 0.476 e. The van der Waals surface area contributed by atoms with Gasteiger partial charge < -0.3 is 10.0 Å². The number of carboxylic acids is 1. The van der Waals surface area contributed by atoms with E-state index in [1.807, 2.05) is 18.7 Å². The number of aromatic nitrogens is 2. The number of hydrogen-bond acceptors (Lipinski definition) is 4. The van der Waals surface area contributed by atoms with Gasteiger partial charge in [0.15, 0.2) is 11.5 Å². The van der Waals surface area contributed by atoms with Crippen molar-refractivity contribution in [1.29, 1.82) is 0 Å². The fraction of sp³-hybridized carbons (Fsp3) is 0.364. The van der Waals surface area contributed by atoms with Crippen molar-refractivity contribution in [3.05, 3.63) is 30.7 Å². The molecule has 0 fully saturated rings. The number of rotatable bonds is 5. The molecule has 0 saturated carbocycles. The molecule has 0 aliphatic heterocycles. The zero-order valence-corrected chi connectivity index (χ0v) is 9.42. The Labute approximate surface area is 94.5 Å². The molecular weight excluding hydrogens is 206 g/mol. The van der Waals surface area contributed by atoms with Gasteiger partial charge in [-0.2, -0.15) is 0 Å². The summed E-state index contributed by atoms with van der Waals surface area (Å²) >= 11 is 0. The Kier molecular flexibility index (Phi) is 3.99. The van der Waals surface area contributed by atoms with E-state index in [1.165, 1.54) is 12.4 Å². The minimum Gasteiger partial charge on any atom is -0.476 e. The van der Waals surface area contributed by atoms with Gasteiger partial charge in [-0.15, -0.1) is 6.58 Å². The lowest BCUT2D eigenvalue weighted by molar-refractivity contribution is 0.0690. The lowest BCUT2D eigenvalue weighted by Crippen LogP contribution is -2.33. The highest BCUT2D eigenvalue weighted by Gasteiger charge is 2.19. The van der Waals surface area contributed by atoms with Crippen molar-refractivity contribution in [2.75, 3.05) is 11.4 Å². The maximum absolute atomic E-state index is 11.0. The third-order valence-electron chi connectivity index (χ3n) is 2.10. The van der Waals surface area contributed by atoms with Crippen LogP contribution in [-0.4, -0.2) is 33.6 Å². The second-order valence-corrected chi connectivity index (χ2v) is 3.57. The molecule has 86 valence electrons. The summed E-state index contributed by atoms with van der Waals surface area (Å²) in [6.07, 6.45) is 4.57. The molecule has 5 nitrogen and oxygen atoms in total. The van der Waals surface area contributed by atoms with Gasteiger partial charge in [0.25, 0.3) is 0 Å². The van der Waals surface area contributed by atoms with E-state index >= 15 is 0 Å². The summed E-state index contributed by atoms with van der Waals surface area (Å²) < 4.78 is 0. The van der Waals surface area contributed by atoms with E-state index in [4.69, 9.17) is 5.11 Å². The zero-order chi connectivity index (χ0) is 12.1. The Morgan fingerprint density at radius 2 is 2.19 bits per heavy atom. The zero-order valence-electron chi connectivity index (χ0n) is 9.42. The van der Waals surface area contributed by atoms with Crippen LogP contribution in [0.5, 0.6) is 0 Å². The van der Waals surface area contributed by atoms with Crippen molar-refractivity contribution in [3.63, 3.8) is 0 Å². The van der Waals surface area contributed by atoms with E-state index < -0.39 is 5.97 Å². The Hall–Kier alpha value is -1.91. The average Bonchev–Trinajstić information content (AvgIpc) is 2.25. The molecule has 0 aromatic carbocycles. The number of anilines is 1. The molecule has 0 saturated heterocycles. The number of aromatic carboxylic acids is 1. The van der Waals surface area contributed by atoms with Crippen molar-refractivity contribution < 1.29 is 9.90 Å². The predicted octanol–water partition coefficient (Wildman–Crippen LogP) is 1.58. The lowest BCUT2D eigenvalue weighted by atomic mass is 10.2. The fourth-order valence-electron chi connectivity index (χ4n) is 1.37. The molecule has 1 aromatic rings. The molecule has 1 heterocycles. The van der Waals surface area contributed by atoms with Crippen molar-refractivity contribution in [3.8, 4) is 0 Å². The molecule has 0 bridgehead atoms. The molecule has 16 heavy (non-hydrogen) atoms. The maximum atomic E-state index is 11.0. The third kappa shape index (κ3) is 2.56. The topological polar surface area (TPSA) is 66.3 Å². The molecule has 0 atom stereocenters. The SMILES string of the molecule is C=CCN(c1nccnc1C(=O)O)C(C)C. The molecule has 5 heteroatoms. The average molecular weight is 221 g/mol. The second kappa shape index (κ2) is 5.25. The maximum Gasteiger partial charge on any atom is 0.358 e. The molecule has 0 amide bonds. The number of nitrogens with zero attached hydrogens (tertiary/aromatic N) is 3. The Balaban J connectivity index is 3.17. The summed E-state index contributed by atoms with van der Waals surface area (Å²) in [5.41, 5.74) is -0.0296. The molecule has 0 spiro atoms. The van der Waals surface area contributed by atoms with Gasteiger partial charge in [-0.05, 0) is 13.8 Å². The van der Waals surface area contributed by atoms with Crippen LogP contribution in [0.25, 0.3) is 0 Å². The smallest absolute Gasteiger partial charge is 0.358 e. The van der Waals surface area contributed by atoms with Crippen LogP contribution in [0.1, 0.15) is 24.3 Å². The Bertz CT molecular complexity index is 391. The van der Waals surface area contributed by atoms with Crippen LogP contribution in [0, 0.1) is 0 Å². The summed E-state index contributed by atoms with van der Waals surface area (Å²) in [4.78, 5) is 20.7. The van der Waals surface area contributed by atoms with Gasteiger partial charge >= 0.3 is 5.97 Å². The summed E-state index contributed by atoms with van der Waals surface area (Å²) in [6, 6.07) is 0.132. The Morgan fingerprint density at radius 1 is 1.56 bits per heavy atom. The fourth-order valence-corrected chi connectivity index (χ4v) is 1.37. The molecule has 1 rings (SSSR count). The molecule has 1 N–H and O–H groups in total. The van der Waals surface area contributed by atoms with Crippen LogP contribution in [-0.2, 0) is 0 Å². The highest BCUT2D eigenvalue weighted by molar-refractivity contribution is 5.91. The van der Waals surface area contributed by atoms with Gasteiger partial charge in [-0.1, -0.05) is 6.08 Å². The molecule has 1 aromatic heterocycles. The van der Waals surface area contributed by atoms with Gasteiger partial charge in [0.05, 0.1) is 0 Å². The van der Waals surface area contributed by atoms with Crippen molar-refractivity contribution in [2.24, 2.45) is 0 Å². The van der Waals surface area contributed by atoms with Crippen LogP contribution in [0.15, 0.2) is 25.0 Å². The number of carbonyl (C=O) groups is 1. The summed E-state index contributed by atoms with van der Waals surface area (Å²) in [6.45, 7) is 8.11. The van der Waals surface area contributed by atoms with Crippen LogP contribution >= 0.6 is 0 Å². The van der Waals surface area contributed by atoms with Crippen LogP contribution in [0.2, 0.25) is 0 Å². The summed E-state index contributed by atoms with van der Waals surface area (Å²) in [7, 11) is 0. The lowest BCUT2D eigenvalue weighted by Gasteiger charge is -2.26. The Morgan fingerprint density at radius 3 is 2.69 bits per heavy atom. The minimum atomic E-state index is -1.07. The molecule has 0 aliphatic rings. The predicted molar refractivity (Wildman–Crippen MR) is 61.7 cm³/mol. The molecule has 0 radical (unpaired) electrons. The van der Waals surface area contributed by atoms with E-state index in [-0.39, 0.29) is 11.7 Å². The van der Waals surface area contributed by atoms with E-state index in [1.54, 1.807) is 6.08 Å². The second-order valence-electron chi connectivity index (χ2n) is 3.57. The standard InChI is InChI=1S/C11H15N3O2/c1-4-7-14(8(2)3)10-9(11(15)16)12-5-6-13-10/h4-6,8H,1,7H2,2-3H3,(H,15,16). The monoisotopic (exact) mass is 221 g/mol. The van der Waals surface area contributed by atoms with Crippen molar-refractivity contribution >= 4 is 11.8 Å². The van der Waals surface area contributed by atoms with Crippen LogP contribution in [0.4, 0.5) is 5.82 Å². The minimum absolute atomic E-state index is 0.0296. The van der Waals surface area contributed by atoms with Crippen molar-refractivity contribution in [1.82, 2.24) is 9.97 Å². The quantitative estimate of drug-likeness (QED) is 0.764. The van der Waals surface area contributed by atoms with Gasteiger partial charge in [-0.25, -0.2) is 14.8 Å². The van der Waals surface area contributed by atoms with E-state index in [0.717, 1.165) is 0 Å². The van der Waals surface area contributed by atoms with Crippen LogP contribution < -0.4 is 4.90 Å². The first-order valence-electron chi connectivity index (χ1n) is 4.99.